The SMILES string of the molecule is COc1cc(OC)nc(N2CCn3nc(COc4ccccc4)cc3C2=O)n1. The third kappa shape index (κ3) is 3.46. The van der Waals surface area contributed by atoms with Crippen LogP contribution in [-0.2, 0) is 13.2 Å². The van der Waals surface area contributed by atoms with Crippen molar-refractivity contribution in [2.24, 2.45) is 0 Å². The van der Waals surface area contributed by atoms with Crippen molar-refractivity contribution in [2.75, 3.05) is 25.7 Å². The van der Waals surface area contributed by atoms with E-state index in [1.807, 2.05) is 30.3 Å². The van der Waals surface area contributed by atoms with E-state index in [-0.39, 0.29) is 18.5 Å². The average molecular weight is 381 g/mol. The van der Waals surface area contributed by atoms with Crippen LogP contribution >= 0.6 is 0 Å². The molecule has 28 heavy (non-hydrogen) atoms. The third-order valence-corrected chi connectivity index (χ3v) is 4.29. The molecule has 1 aromatic carbocycles. The van der Waals surface area contributed by atoms with Crippen LogP contribution in [0.2, 0.25) is 0 Å². The van der Waals surface area contributed by atoms with Crippen LogP contribution in [0.1, 0.15) is 16.2 Å². The molecule has 2 aromatic heterocycles. The molecule has 0 saturated carbocycles. The number of amides is 1. The van der Waals surface area contributed by atoms with Gasteiger partial charge in [-0.2, -0.15) is 15.1 Å². The van der Waals surface area contributed by atoms with Crippen molar-refractivity contribution in [3.8, 4) is 17.5 Å². The molecule has 0 N–H and O–H groups in total. The molecule has 1 amide bonds. The summed E-state index contributed by atoms with van der Waals surface area (Å²) in [5.74, 6) is 1.39. The molecule has 1 aliphatic rings. The van der Waals surface area contributed by atoms with Gasteiger partial charge >= 0.3 is 0 Å². The normalized spacial score (nSPS) is 13.2. The van der Waals surface area contributed by atoms with Crippen LogP contribution in [0.25, 0.3) is 0 Å². The Morgan fingerprint density at radius 1 is 1.00 bits per heavy atom. The molecule has 144 valence electrons. The quantitative estimate of drug-likeness (QED) is 0.644. The van der Waals surface area contributed by atoms with E-state index in [2.05, 4.69) is 15.1 Å². The van der Waals surface area contributed by atoms with Gasteiger partial charge in [-0.05, 0) is 18.2 Å². The number of anilines is 1. The summed E-state index contributed by atoms with van der Waals surface area (Å²) in [6.45, 7) is 1.19. The molecule has 0 fully saturated rings. The molecule has 3 heterocycles. The van der Waals surface area contributed by atoms with Crippen LogP contribution in [0.15, 0.2) is 42.5 Å². The molecule has 3 aromatic rings. The standard InChI is InChI=1S/C19H19N5O4/c1-26-16-11-17(27-2)21-19(20-16)23-8-9-24-15(18(23)25)10-13(22-24)12-28-14-6-4-3-5-7-14/h3-7,10-11H,8-9,12H2,1-2H3. The van der Waals surface area contributed by atoms with Gasteiger partial charge in [0, 0.05) is 6.54 Å². The molecule has 0 bridgehead atoms. The van der Waals surface area contributed by atoms with Gasteiger partial charge in [0.25, 0.3) is 5.91 Å². The van der Waals surface area contributed by atoms with Gasteiger partial charge in [0.2, 0.25) is 17.7 Å². The molecule has 0 saturated heterocycles. The summed E-state index contributed by atoms with van der Waals surface area (Å²) in [6, 6.07) is 12.8. The van der Waals surface area contributed by atoms with E-state index in [1.54, 1.807) is 16.8 Å². The maximum Gasteiger partial charge on any atom is 0.278 e. The summed E-state index contributed by atoms with van der Waals surface area (Å²) >= 11 is 0. The molecule has 1 aliphatic heterocycles. The molecule has 0 aliphatic carbocycles. The van der Waals surface area contributed by atoms with Crippen LogP contribution in [0.4, 0.5) is 5.95 Å². The fourth-order valence-electron chi connectivity index (χ4n) is 2.90. The number of hydrogen-bond acceptors (Lipinski definition) is 7. The Bertz CT molecular complexity index is 967. The lowest BCUT2D eigenvalue weighted by molar-refractivity contribution is 0.0960. The Kier molecular flexibility index (Phi) is 4.79. The van der Waals surface area contributed by atoms with Gasteiger partial charge in [0.05, 0.1) is 26.8 Å². The first kappa shape index (κ1) is 17.8. The molecule has 0 radical (unpaired) electrons. The number of fused-ring (bicyclic) bond motifs is 1. The molecule has 9 heteroatoms. The predicted octanol–water partition coefficient (Wildman–Crippen LogP) is 1.93. The van der Waals surface area contributed by atoms with Crippen molar-refractivity contribution >= 4 is 11.9 Å². The van der Waals surface area contributed by atoms with Gasteiger partial charge in [-0.3, -0.25) is 14.4 Å². The van der Waals surface area contributed by atoms with Crippen molar-refractivity contribution in [2.45, 2.75) is 13.2 Å². The third-order valence-electron chi connectivity index (χ3n) is 4.29. The predicted molar refractivity (Wildman–Crippen MR) is 99.8 cm³/mol. The maximum absolute atomic E-state index is 13.0. The molecule has 0 unspecified atom stereocenters. The van der Waals surface area contributed by atoms with Gasteiger partial charge < -0.3 is 14.2 Å². The second-order valence-corrected chi connectivity index (χ2v) is 6.06. The van der Waals surface area contributed by atoms with E-state index in [9.17, 15) is 4.79 Å². The summed E-state index contributed by atoms with van der Waals surface area (Å²) in [5, 5.41) is 4.47. The zero-order valence-corrected chi connectivity index (χ0v) is 15.5. The number of carbonyl (C=O) groups is 1. The first-order valence-corrected chi connectivity index (χ1v) is 8.71. The van der Waals surface area contributed by atoms with E-state index in [1.165, 1.54) is 19.1 Å². The number of aromatic nitrogens is 4. The van der Waals surface area contributed by atoms with Gasteiger partial charge in [0.15, 0.2) is 0 Å². The Hall–Kier alpha value is -3.62. The van der Waals surface area contributed by atoms with E-state index in [0.717, 1.165) is 5.75 Å². The fraction of sp³-hybridized carbons (Fsp3) is 0.263. The van der Waals surface area contributed by atoms with Crippen molar-refractivity contribution in [1.29, 1.82) is 0 Å². The van der Waals surface area contributed by atoms with Crippen LogP contribution < -0.4 is 19.1 Å². The Labute approximate surface area is 161 Å². The highest BCUT2D eigenvalue weighted by Gasteiger charge is 2.30. The number of methoxy groups -OCH3 is 2. The van der Waals surface area contributed by atoms with Crippen molar-refractivity contribution in [3.05, 3.63) is 53.9 Å². The highest BCUT2D eigenvalue weighted by Crippen LogP contribution is 2.24. The number of benzene rings is 1. The van der Waals surface area contributed by atoms with E-state index in [0.29, 0.717) is 36.2 Å². The average Bonchev–Trinajstić information content (AvgIpc) is 3.17. The summed E-state index contributed by atoms with van der Waals surface area (Å²) in [4.78, 5) is 23.0. The van der Waals surface area contributed by atoms with Crippen molar-refractivity contribution in [3.63, 3.8) is 0 Å². The highest BCUT2D eigenvalue weighted by atomic mass is 16.5. The summed E-state index contributed by atoms with van der Waals surface area (Å²) in [5.41, 5.74) is 1.14. The maximum atomic E-state index is 13.0. The minimum absolute atomic E-state index is 0.232. The second kappa shape index (κ2) is 7.55. The fourth-order valence-corrected chi connectivity index (χ4v) is 2.90. The van der Waals surface area contributed by atoms with E-state index < -0.39 is 0 Å². The number of para-hydroxylation sites is 1. The topological polar surface area (TPSA) is 91.6 Å². The minimum atomic E-state index is -0.236. The lowest BCUT2D eigenvalue weighted by Gasteiger charge is -2.25. The molecular weight excluding hydrogens is 362 g/mol. The first-order chi connectivity index (χ1) is 13.7. The van der Waals surface area contributed by atoms with Crippen LogP contribution in [0, 0.1) is 0 Å². The molecule has 4 rings (SSSR count). The largest absolute Gasteiger partial charge is 0.487 e. The Balaban J connectivity index is 1.55. The Morgan fingerprint density at radius 2 is 1.71 bits per heavy atom. The molecule has 9 nitrogen and oxygen atoms in total. The van der Waals surface area contributed by atoms with Gasteiger partial charge in [-0.1, -0.05) is 18.2 Å². The lowest BCUT2D eigenvalue weighted by atomic mass is 10.2. The molecular formula is C19H19N5O4. The summed E-state index contributed by atoms with van der Waals surface area (Å²) < 4.78 is 17.7. The molecule has 0 spiro atoms. The minimum Gasteiger partial charge on any atom is -0.487 e. The summed E-state index contributed by atoms with van der Waals surface area (Å²) in [6.07, 6.45) is 0. The first-order valence-electron chi connectivity index (χ1n) is 8.71. The van der Waals surface area contributed by atoms with Gasteiger partial charge in [-0.25, -0.2) is 0 Å². The van der Waals surface area contributed by atoms with Gasteiger partial charge in [0.1, 0.15) is 23.7 Å². The van der Waals surface area contributed by atoms with Crippen LogP contribution in [0.5, 0.6) is 17.5 Å². The number of rotatable bonds is 6. The van der Waals surface area contributed by atoms with Gasteiger partial charge in [-0.15, -0.1) is 0 Å². The number of carbonyl (C=O) groups excluding carboxylic acids is 1. The van der Waals surface area contributed by atoms with E-state index >= 15 is 0 Å². The summed E-state index contributed by atoms with van der Waals surface area (Å²) in [7, 11) is 3.00. The lowest BCUT2D eigenvalue weighted by Crippen LogP contribution is -2.41. The zero-order valence-electron chi connectivity index (χ0n) is 15.5. The molecule has 0 atom stereocenters. The number of hydrogen-bond donors (Lipinski definition) is 0. The Morgan fingerprint density at radius 3 is 2.39 bits per heavy atom. The highest BCUT2D eigenvalue weighted by molar-refractivity contribution is 6.04. The smallest absolute Gasteiger partial charge is 0.278 e. The zero-order chi connectivity index (χ0) is 19.5. The van der Waals surface area contributed by atoms with Crippen molar-refractivity contribution < 1.29 is 19.0 Å². The second-order valence-electron chi connectivity index (χ2n) is 6.06. The van der Waals surface area contributed by atoms with E-state index in [4.69, 9.17) is 14.2 Å². The van der Waals surface area contributed by atoms with Crippen molar-refractivity contribution in [1.82, 2.24) is 19.7 Å². The van der Waals surface area contributed by atoms with Crippen LogP contribution in [0.3, 0.4) is 0 Å². The number of ether oxygens (including phenoxy) is 3. The number of nitrogens with zero attached hydrogens (tertiary/aromatic N) is 5. The van der Waals surface area contributed by atoms with Crippen LogP contribution in [-0.4, -0.2) is 46.4 Å². The monoisotopic (exact) mass is 381 g/mol.